The average Bonchev–Trinajstić information content (AvgIpc) is 4.01. The molecule has 374 valence electrons. The predicted octanol–water partition coefficient (Wildman–Crippen LogP) is 12.8. The van der Waals surface area contributed by atoms with E-state index in [1.165, 1.54) is 75.3 Å². The molecule has 0 spiro atoms. The number of fused-ring (bicyclic) bond motifs is 3. The molecular formula is C65H54Cl2F6Zr. The maximum Gasteiger partial charge on any atom is -1.00 e. The molecule has 0 atom stereocenters. The number of hydrogen-bond acceptors (Lipinski definition) is 0. The van der Waals surface area contributed by atoms with Gasteiger partial charge in [0, 0.05) is 0 Å². The first-order chi connectivity index (χ1) is 34.2. The Labute approximate surface area is 450 Å². The van der Waals surface area contributed by atoms with Gasteiger partial charge in [-0.25, -0.2) is 0 Å². The summed E-state index contributed by atoms with van der Waals surface area (Å²) in [6, 6.07) is 58.5. The summed E-state index contributed by atoms with van der Waals surface area (Å²) < 4.78 is 84.5. The van der Waals surface area contributed by atoms with Gasteiger partial charge in [-0.3, -0.25) is 0 Å². The van der Waals surface area contributed by atoms with E-state index in [2.05, 4.69) is 169 Å². The van der Waals surface area contributed by atoms with Gasteiger partial charge in [-0.05, 0) is 0 Å². The van der Waals surface area contributed by atoms with Gasteiger partial charge >= 0.3 is 429 Å². The molecule has 10 rings (SSSR count). The van der Waals surface area contributed by atoms with E-state index in [-0.39, 0.29) is 39.3 Å². The van der Waals surface area contributed by atoms with Gasteiger partial charge in [-0.2, -0.15) is 0 Å². The summed E-state index contributed by atoms with van der Waals surface area (Å²) in [4.78, 5) is 0. The molecule has 74 heavy (non-hydrogen) atoms. The van der Waals surface area contributed by atoms with Crippen molar-refractivity contribution in [2.45, 2.75) is 74.8 Å². The van der Waals surface area contributed by atoms with Crippen LogP contribution in [0.25, 0.3) is 55.6 Å². The number of halogens is 8. The summed E-state index contributed by atoms with van der Waals surface area (Å²) in [5, 5.41) is 0. The Balaban J connectivity index is 0.00000364. The second-order valence-electron chi connectivity index (χ2n) is 21.1. The van der Waals surface area contributed by atoms with Crippen LogP contribution in [0.4, 0.5) is 26.3 Å². The van der Waals surface area contributed by atoms with Crippen LogP contribution < -0.4 is 24.8 Å². The summed E-state index contributed by atoms with van der Waals surface area (Å²) in [5.74, 6) is 0. The van der Waals surface area contributed by atoms with Crippen LogP contribution in [0.15, 0.2) is 204 Å². The van der Waals surface area contributed by atoms with E-state index in [1.54, 1.807) is 0 Å². The quantitative estimate of drug-likeness (QED) is 0.133. The Morgan fingerprint density at radius 2 is 0.770 bits per heavy atom. The number of allylic oxidation sites excluding steroid dienone is 4. The second kappa shape index (κ2) is 21.1. The van der Waals surface area contributed by atoms with Gasteiger partial charge < -0.3 is 24.8 Å². The van der Waals surface area contributed by atoms with Crippen LogP contribution in [0, 0.1) is 0 Å². The molecular weight excluding hydrogens is 1060 g/mol. The molecule has 2 aliphatic carbocycles. The van der Waals surface area contributed by atoms with Crippen molar-refractivity contribution in [3.8, 4) is 55.6 Å². The molecule has 9 heteroatoms. The smallest absolute Gasteiger partial charge is 1.00 e. The van der Waals surface area contributed by atoms with Gasteiger partial charge in [-0.15, -0.1) is 0 Å². The van der Waals surface area contributed by atoms with Crippen LogP contribution in [0.5, 0.6) is 0 Å². The van der Waals surface area contributed by atoms with Crippen molar-refractivity contribution < 1.29 is 72.4 Å². The van der Waals surface area contributed by atoms with Crippen molar-refractivity contribution in [3.63, 3.8) is 0 Å². The Bertz CT molecular complexity index is 3200. The number of benzene rings is 8. The first kappa shape index (κ1) is 54.4. The average molecular weight is 1110 g/mol. The van der Waals surface area contributed by atoms with Gasteiger partial charge in [0.25, 0.3) is 0 Å². The summed E-state index contributed by atoms with van der Waals surface area (Å²) in [6.45, 7) is 13.7. The first-order valence-electron chi connectivity index (χ1n) is 24.4. The maximum absolute atomic E-state index is 13.6. The topological polar surface area (TPSA) is 0 Å². The van der Waals surface area contributed by atoms with Crippen molar-refractivity contribution in [3.05, 3.63) is 248 Å². The minimum Gasteiger partial charge on any atom is -1.00 e. The molecule has 2 aliphatic rings. The fraction of sp³-hybridized carbons (Fsp3) is 0.185. The zero-order chi connectivity index (χ0) is 50.7. The van der Waals surface area contributed by atoms with E-state index in [0.29, 0.717) is 11.1 Å². The Kier molecular flexibility index (Phi) is 15.5. The predicted molar refractivity (Wildman–Crippen MR) is 281 cm³/mol. The number of rotatable bonds is 8. The Morgan fingerprint density at radius 3 is 1.08 bits per heavy atom. The van der Waals surface area contributed by atoms with Gasteiger partial charge in [0.2, 0.25) is 0 Å². The third kappa shape index (κ3) is 10.8. The van der Waals surface area contributed by atoms with Crippen molar-refractivity contribution >= 4 is 3.21 Å². The molecule has 0 fully saturated rings. The van der Waals surface area contributed by atoms with Crippen molar-refractivity contribution in [1.29, 1.82) is 0 Å². The van der Waals surface area contributed by atoms with Crippen LogP contribution in [0.2, 0.25) is 0 Å². The van der Waals surface area contributed by atoms with E-state index in [9.17, 15) is 26.3 Å². The fourth-order valence-electron chi connectivity index (χ4n) is 10.6. The molecule has 0 amide bonds. The fourth-order valence-corrected chi connectivity index (χ4v) is 19.6. The van der Waals surface area contributed by atoms with E-state index in [1.807, 2.05) is 24.3 Å². The van der Waals surface area contributed by atoms with E-state index in [0.717, 1.165) is 64.1 Å². The third-order valence-electron chi connectivity index (χ3n) is 14.2. The van der Waals surface area contributed by atoms with E-state index < -0.39 is 44.7 Å². The van der Waals surface area contributed by atoms with Crippen molar-refractivity contribution in [1.82, 2.24) is 0 Å². The molecule has 8 aromatic rings. The Hall–Kier alpha value is -5.85. The molecule has 0 saturated heterocycles. The number of hydrogen-bond donors (Lipinski definition) is 0. The SMILES string of the molecule is CC(C)(C)c1cc2c(cc1-c1ccccc1)[CH]([Zr+2]([C]1=CC=CC1)=[C](c1ccc(-c3ccc(C(F)(F)F)cc3)cc1)c1ccc(-c3ccc(C(F)(F)F)cc3)cc1)c1cc(-c3ccccc3)c(C(C)(C)C)cc1-2.[Cl-].[Cl-]. The van der Waals surface area contributed by atoms with Gasteiger partial charge in [-0.1, -0.05) is 0 Å². The van der Waals surface area contributed by atoms with Gasteiger partial charge in [0.15, 0.2) is 0 Å². The van der Waals surface area contributed by atoms with Gasteiger partial charge in [0.05, 0.1) is 0 Å². The van der Waals surface area contributed by atoms with Crippen molar-refractivity contribution in [2.24, 2.45) is 0 Å². The van der Waals surface area contributed by atoms with Gasteiger partial charge in [0.1, 0.15) is 0 Å². The van der Waals surface area contributed by atoms with Crippen LogP contribution >= 0.6 is 0 Å². The normalized spacial score (nSPS) is 13.3. The van der Waals surface area contributed by atoms with Crippen LogP contribution in [-0.4, -0.2) is 3.21 Å². The summed E-state index contributed by atoms with van der Waals surface area (Å²) in [6.07, 6.45) is -1.30. The molecule has 0 nitrogen and oxygen atoms in total. The molecule has 0 bridgehead atoms. The minimum atomic E-state index is -4.44. The summed E-state index contributed by atoms with van der Waals surface area (Å²) >= 11 is -3.43. The zero-order valence-electron chi connectivity index (χ0n) is 41.9. The molecule has 0 saturated carbocycles. The molecule has 0 radical (unpaired) electrons. The van der Waals surface area contributed by atoms with Crippen LogP contribution in [0.1, 0.15) is 96.1 Å². The minimum absolute atomic E-state index is 0. The third-order valence-corrected chi connectivity index (χ3v) is 22.5. The van der Waals surface area contributed by atoms with E-state index >= 15 is 0 Å². The van der Waals surface area contributed by atoms with Crippen molar-refractivity contribution in [2.75, 3.05) is 0 Å². The Morgan fingerprint density at radius 1 is 0.419 bits per heavy atom. The standard InChI is InChI=1S/C33H33.C27H16F6.C5H5.2ClH.Zr/c1-32(2,3)30-20-26-24(18-28(30)22-13-9-7-10-14-22)17-25-19-29(23-15-11-8-12-16-23)31(21-27(25)26)33(4,5)6;28-26(29,30)24-13-9-22(10-14-24)20-5-1-18(2-6-20)17-19-3-7-21(8-4-19)23-11-15-25(16-12-23)27(31,32)33;1-2-4-5-3-1;;;/h7-21H,1-6H3;1-16H;1-3H,4H2;2*1H;/q;;;;;+2/p-2. The zero-order valence-corrected chi connectivity index (χ0v) is 45.8. The van der Waals surface area contributed by atoms with Crippen LogP contribution in [-0.2, 0) is 44.4 Å². The van der Waals surface area contributed by atoms with E-state index in [4.69, 9.17) is 0 Å². The summed E-state index contributed by atoms with van der Waals surface area (Å²) in [7, 11) is 0. The summed E-state index contributed by atoms with van der Waals surface area (Å²) in [5.41, 5.74) is 15.7. The second-order valence-corrected chi connectivity index (χ2v) is 27.3. The first-order valence-corrected chi connectivity index (χ1v) is 28.3. The molecule has 0 unspecified atom stereocenters. The molecule has 0 heterocycles. The monoisotopic (exact) mass is 1110 g/mol. The largest absolute Gasteiger partial charge is 1.00 e. The molecule has 8 aromatic carbocycles. The number of alkyl halides is 6. The molecule has 0 N–H and O–H groups in total. The van der Waals surface area contributed by atoms with Crippen LogP contribution in [0.3, 0.4) is 0 Å². The molecule has 0 aliphatic heterocycles. The molecule has 0 aromatic heterocycles. The maximum atomic E-state index is 13.6.